The predicted molar refractivity (Wildman–Crippen MR) is 47.9 cm³/mol. The molecule has 0 aromatic carbocycles. The van der Waals surface area contributed by atoms with Crippen molar-refractivity contribution in [1.29, 1.82) is 0 Å². The molecule has 0 saturated heterocycles. The molecule has 0 rings (SSSR count). The monoisotopic (exact) mass is 224 g/mol. The van der Waals surface area contributed by atoms with E-state index in [2.05, 4.69) is 15.6 Å². The van der Waals surface area contributed by atoms with E-state index in [0.29, 0.717) is 0 Å². The predicted octanol–water partition coefficient (Wildman–Crippen LogP) is 0.314. The van der Waals surface area contributed by atoms with Crippen molar-refractivity contribution in [2.75, 3.05) is 5.75 Å². The molecule has 0 aliphatic carbocycles. The van der Waals surface area contributed by atoms with Crippen molar-refractivity contribution in [3.05, 3.63) is 12.7 Å². The molecule has 0 aromatic heterocycles. The van der Waals surface area contributed by atoms with Crippen LogP contribution in [0.5, 0.6) is 0 Å². The Morgan fingerprint density at radius 2 is 2.21 bits per heavy atom. The molecule has 0 aliphatic heterocycles. The van der Waals surface area contributed by atoms with Gasteiger partial charge < -0.3 is 4.74 Å². The molecular weight excluding hydrogens is 212 g/mol. The van der Waals surface area contributed by atoms with E-state index in [1.165, 1.54) is 6.92 Å². The highest BCUT2D eigenvalue weighted by molar-refractivity contribution is 7.86. The topological polar surface area (TPSA) is 89.9 Å². The molecule has 1 atom stereocenters. The van der Waals surface area contributed by atoms with Crippen molar-refractivity contribution in [3.63, 3.8) is 0 Å². The molecule has 0 saturated carbocycles. The minimum Gasteiger partial charge on any atom is -0.459 e. The molecule has 0 radical (unpaired) electrons. The lowest BCUT2D eigenvalue weighted by Gasteiger charge is -2.10. The summed E-state index contributed by atoms with van der Waals surface area (Å²) in [4.78, 5) is 10.6. The van der Waals surface area contributed by atoms with E-state index in [4.69, 9.17) is 5.26 Å². The average molecular weight is 224 g/mol. The molecule has 1 unspecified atom stereocenters. The Labute approximate surface area is 82.2 Å². The van der Waals surface area contributed by atoms with Crippen LogP contribution in [0, 0.1) is 0 Å². The Kier molecular flexibility index (Phi) is 5.36. The highest BCUT2D eigenvalue weighted by atomic mass is 32.2. The molecule has 7 heteroatoms. The molecule has 6 nitrogen and oxygen atoms in total. The average Bonchev–Trinajstić information content (AvgIpc) is 2.15. The van der Waals surface area contributed by atoms with Gasteiger partial charge in [-0.2, -0.15) is 8.42 Å². The molecule has 0 spiro atoms. The lowest BCUT2D eigenvalue weighted by Crippen LogP contribution is -2.18. The molecule has 0 amide bonds. The molecule has 82 valence electrons. The van der Waals surface area contributed by atoms with Crippen LogP contribution in [-0.4, -0.2) is 31.5 Å². The van der Waals surface area contributed by atoms with Gasteiger partial charge in [-0.1, -0.05) is 6.58 Å². The van der Waals surface area contributed by atoms with Crippen LogP contribution < -0.4 is 0 Å². The van der Waals surface area contributed by atoms with E-state index in [-0.39, 0.29) is 6.42 Å². The number of hydrogen-bond acceptors (Lipinski definition) is 6. The van der Waals surface area contributed by atoms with Crippen LogP contribution in [0.15, 0.2) is 12.7 Å². The minimum atomic E-state index is -3.92. The SMILES string of the molecule is C=CC(=O)OC(C)CCS(=O)(=O)OO. The summed E-state index contributed by atoms with van der Waals surface area (Å²) in [5.74, 6) is -1.05. The van der Waals surface area contributed by atoms with Crippen molar-refractivity contribution < 1.29 is 27.5 Å². The Hall–Kier alpha value is -0.920. The zero-order valence-electron chi connectivity index (χ0n) is 7.67. The Morgan fingerprint density at radius 1 is 1.64 bits per heavy atom. The van der Waals surface area contributed by atoms with Gasteiger partial charge in [-0.15, -0.1) is 4.33 Å². The van der Waals surface area contributed by atoms with Crippen LogP contribution in [-0.2, 0) is 24.0 Å². The first-order chi connectivity index (χ1) is 6.41. The summed E-state index contributed by atoms with van der Waals surface area (Å²) in [6.45, 7) is 4.70. The number of esters is 1. The van der Waals surface area contributed by atoms with E-state index in [9.17, 15) is 13.2 Å². The number of carbonyl (C=O) groups is 1. The van der Waals surface area contributed by atoms with Crippen molar-refractivity contribution in [3.8, 4) is 0 Å². The quantitative estimate of drug-likeness (QED) is 0.302. The number of carbonyl (C=O) groups excluding carboxylic acids is 1. The lowest BCUT2D eigenvalue weighted by atomic mass is 10.3. The van der Waals surface area contributed by atoms with E-state index in [1.54, 1.807) is 0 Å². The van der Waals surface area contributed by atoms with Gasteiger partial charge in [0, 0.05) is 12.5 Å². The summed E-state index contributed by atoms with van der Waals surface area (Å²) < 4.78 is 29.2. The largest absolute Gasteiger partial charge is 0.459 e. The number of rotatable bonds is 6. The molecule has 0 bridgehead atoms. The molecule has 14 heavy (non-hydrogen) atoms. The highest BCUT2D eigenvalue weighted by Crippen LogP contribution is 2.02. The Balaban J connectivity index is 3.91. The Morgan fingerprint density at radius 3 is 2.64 bits per heavy atom. The fourth-order valence-electron chi connectivity index (χ4n) is 0.653. The van der Waals surface area contributed by atoms with Crippen LogP contribution in [0.4, 0.5) is 0 Å². The van der Waals surface area contributed by atoms with Gasteiger partial charge in [-0.05, 0) is 6.92 Å². The summed E-state index contributed by atoms with van der Waals surface area (Å²) in [6, 6.07) is 0. The Bertz CT molecular complexity index is 293. The van der Waals surface area contributed by atoms with Crippen molar-refractivity contribution in [1.82, 2.24) is 0 Å². The summed E-state index contributed by atoms with van der Waals surface area (Å²) in [7, 11) is -3.92. The van der Waals surface area contributed by atoms with Gasteiger partial charge in [0.05, 0.1) is 5.75 Å². The molecule has 0 heterocycles. The second kappa shape index (κ2) is 5.74. The zero-order valence-corrected chi connectivity index (χ0v) is 8.49. The van der Waals surface area contributed by atoms with Gasteiger partial charge in [-0.25, -0.2) is 10.1 Å². The van der Waals surface area contributed by atoms with Gasteiger partial charge in [-0.3, -0.25) is 0 Å². The van der Waals surface area contributed by atoms with E-state index < -0.39 is 27.9 Å². The smallest absolute Gasteiger partial charge is 0.330 e. The number of hydrogen-bond donors (Lipinski definition) is 1. The van der Waals surface area contributed by atoms with Gasteiger partial charge in [0.25, 0.3) is 10.1 Å². The van der Waals surface area contributed by atoms with Gasteiger partial charge in [0.2, 0.25) is 0 Å². The first-order valence-electron chi connectivity index (χ1n) is 3.80. The lowest BCUT2D eigenvalue weighted by molar-refractivity contribution is -0.142. The van der Waals surface area contributed by atoms with Crippen LogP contribution in [0.3, 0.4) is 0 Å². The van der Waals surface area contributed by atoms with Crippen molar-refractivity contribution in [2.45, 2.75) is 19.4 Å². The van der Waals surface area contributed by atoms with Crippen LogP contribution in [0.25, 0.3) is 0 Å². The van der Waals surface area contributed by atoms with Gasteiger partial charge in [0.1, 0.15) is 6.10 Å². The van der Waals surface area contributed by atoms with Crippen LogP contribution in [0.2, 0.25) is 0 Å². The molecule has 1 N–H and O–H groups in total. The van der Waals surface area contributed by atoms with Crippen molar-refractivity contribution in [2.24, 2.45) is 0 Å². The molecule has 0 aromatic rings. The standard InChI is InChI=1S/C7H12O6S/c1-3-7(8)12-6(2)4-5-14(10,11)13-9/h3,6,9H,1,4-5H2,2H3. The molecular formula is C7H12O6S. The molecule has 0 aliphatic rings. The third-order valence-corrected chi connectivity index (χ3v) is 2.33. The number of ether oxygens (including phenoxy) is 1. The zero-order chi connectivity index (χ0) is 11.2. The third kappa shape index (κ3) is 5.68. The summed E-state index contributed by atoms with van der Waals surface area (Å²) >= 11 is 0. The molecule has 0 fully saturated rings. The van der Waals surface area contributed by atoms with Gasteiger partial charge in [0.15, 0.2) is 0 Å². The first-order valence-corrected chi connectivity index (χ1v) is 5.38. The maximum atomic E-state index is 10.6. The first kappa shape index (κ1) is 13.1. The normalized spacial score (nSPS) is 13.3. The maximum absolute atomic E-state index is 10.6. The maximum Gasteiger partial charge on any atom is 0.330 e. The van der Waals surface area contributed by atoms with E-state index >= 15 is 0 Å². The highest BCUT2D eigenvalue weighted by Gasteiger charge is 2.14. The summed E-state index contributed by atoms with van der Waals surface area (Å²) in [5.41, 5.74) is 0. The van der Waals surface area contributed by atoms with E-state index in [1.807, 2.05) is 0 Å². The van der Waals surface area contributed by atoms with Crippen LogP contribution in [0.1, 0.15) is 13.3 Å². The third-order valence-electron chi connectivity index (χ3n) is 1.37. The minimum absolute atomic E-state index is 0.0441. The second-order valence-corrected chi connectivity index (χ2v) is 4.25. The fraction of sp³-hybridized carbons (Fsp3) is 0.571. The summed E-state index contributed by atoms with van der Waals surface area (Å²) in [5, 5.41) is 7.92. The van der Waals surface area contributed by atoms with Crippen molar-refractivity contribution >= 4 is 16.1 Å². The summed E-state index contributed by atoms with van der Waals surface area (Å²) in [6.07, 6.45) is 0.446. The fourth-order valence-corrected chi connectivity index (χ4v) is 1.35. The second-order valence-electron chi connectivity index (χ2n) is 2.58. The van der Waals surface area contributed by atoms with Gasteiger partial charge >= 0.3 is 5.97 Å². The van der Waals surface area contributed by atoms with Crippen LogP contribution >= 0.6 is 0 Å². The van der Waals surface area contributed by atoms with E-state index in [0.717, 1.165) is 6.08 Å².